The van der Waals surface area contributed by atoms with Gasteiger partial charge >= 0.3 is 0 Å². The fourth-order valence-electron chi connectivity index (χ4n) is 0.583. The minimum atomic E-state index is 1.01. The van der Waals surface area contributed by atoms with Crippen LogP contribution in [0, 0.1) is 0 Å². The predicted octanol–water partition coefficient (Wildman–Crippen LogP) is 3.46. The summed E-state index contributed by atoms with van der Waals surface area (Å²) in [7, 11) is 0. The second kappa shape index (κ2) is 8.26. The van der Waals surface area contributed by atoms with Crippen LogP contribution in [-0.4, -0.2) is 0 Å². The molecule has 0 unspecified atom stereocenters. The van der Waals surface area contributed by atoms with Crippen molar-refractivity contribution in [2.24, 2.45) is 0 Å². The molecular weight excluding hydrogens is 120 g/mol. The van der Waals surface area contributed by atoms with E-state index in [0.29, 0.717) is 0 Å². The predicted molar refractivity (Wildman–Crippen MR) is 47.0 cm³/mol. The molecule has 0 aliphatic carbocycles. The van der Waals surface area contributed by atoms with Crippen LogP contribution < -0.4 is 0 Å². The zero-order valence-corrected chi connectivity index (χ0v) is 6.93. The van der Waals surface area contributed by atoms with E-state index in [-0.39, 0.29) is 0 Å². The minimum absolute atomic E-state index is 1.01. The van der Waals surface area contributed by atoms with Crippen LogP contribution in [0.25, 0.3) is 0 Å². The van der Waals surface area contributed by atoms with Crippen molar-refractivity contribution in [1.29, 1.82) is 0 Å². The van der Waals surface area contributed by atoms with E-state index in [9.17, 15) is 0 Å². The molecule has 0 aromatic heterocycles. The lowest BCUT2D eigenvalue weighted by Crippen LogP contribution is -1.57. The first-order valence-electron chi connectivity index (χ1n) is 3.92. The third kappa shape index (κ3) is 7.26. The quantitative estimate of drug-likeness (QED) is 0.410. The van der Waals surface area contributed by atoms with Crippen molar-refractivity contribution >= 4 is 0 Å². The van der Waals surface area contributed by atoms with Gasteiger partial charge in [-0.25, -0.2) is 0 Å². The molecule has 0 saturated carbocycles. The summed E-state index contributed by atoms with van der Waals surface area (Å²) in [5.41, 5.74) is 3.12. The summed E-state index contributed by atoms with van der Waals surface area (Å²) in [6.45, 7) is 4.20. The fraction of sp³-hybridized carbons (Fsp3) is 0.500. The standard InChI is InChI=1S/C10H16/c1-3-5-7-9-10-8-6-4-2/h3,5,8-9H,4,6-7H2,1-2H3/b5-3+. The zero-order valence-electron chi connectivity index (χ0n) is 6.93. The van der Waals surface area contributed by atoms with Crippen LogP contribution in [0.3, 0.4) is 0 Å². The maximum Gasteiger partial charge on any atom is -0.00932 e. The molecule has 0 bridgehead atoms. The van der Waals surface area contributed by atoms with Crippen molar-refractivity contribution in [1.82, 2.24) is 0 Å². The summed E-state index contributed by atoms with van der Waals surface area (Å²) >= 11 is 0. The van der Waals surface area contributed by atoms with Gasteiger partial charge in [-0.05, 0) is 31.9 Å². The Kier molecular flexibility index (Phi) is 7.65. The van der Waals surface area contributed by atoms with Crippen LogP contribution >= 0.6 is 0 Å². The molecule has 0 spiro atoms. The van der Waals surface area contributed by atoms with Gasteiger partial charge in [0.1, 0.15) is 0 Å². The van der Waals surface area contributed by atoms with Gasteiger partial charge in [-0.2, -0.15) is 0 Å². The first-order chi connectivity index (χ1) is 4.91. The van der Waals surface area contributed by atoms with E-state index < -0.39 is 0 Å². The van der Waals surface area contributed by atoms with Crippen LogP contribution in [-0.2, 0) is 0 Å². The van der Waals surface area contributed by atoms with E-state index in [1.807, 2.05) is 6.92 Å². The minimum Gasteiger partial charge on any atom is -0.129 e. The Morgan fingerprint density at radius 3 is 2.70 bits per heavy atom. The van der Waals surface area contributed by atoms with Gasteiger partial charge in [0.05, 0.1) is 0 Å². The van der Waals surface area contributed by atoms with Crippen molar-refractivity contribution < 1.29 is 0 Å². The van der Waals surface area contributed by atoms with Crippen LogP contribution in [0.4, 0.5) is 0 Å². The van der Waals surface area contributed by atoms with Crippen LogP contribution in [0.1, 0.15) is 33.1 Å². The molecule has 0 heteroatoms. The second-order valence-corrected chi connectivity index (χ2v) is 2.17. The molecule has 0 amide bonds. The topological polar surface area (TPSA) is 0 Å². The summed E-state index contributed by atoms with van der Waals surface area (Å²) in [5.74, 6) is 0. The highest BCUT2D eigenvalue weighted by molar-refractivity contribution is 4.91. The van der Waals surface area contributed by atoms with E-state index in [0.717, 1.165) is 12.8 Å². The van der Waals surface area contributed by atoms with Gasteiger partial charge in [-0.15, -0.1) is 5.73 Å². The van der Waals surface area contributed by atoms with E-state index in [1.54, 1.807) is 0 Å². The van der Waals surface area contributed by atoms with Crippen molar-refractivity contribution in [2.75, 3.05) is 0 Å². The molecule has 0 rings (SSSR count). The number of hydrogen-bond donors (Lipinski definition) is 0. The fourth-order valence-corrected chi connectivity index (χ4v) is 0.583. The molecule has 0 atom stereocenters. The van der Waals surface area contributed by atoms with Gasteiger partial charge in [0, 0.05) is 0 Å². The Bertz CT molecular complexity index is 134. The average molecular weight is 136 g/mol. The third-order valence-electron chi connectivity index (χ3n) is 1.16. The first-order valence-corrected chi connectivity index (χ1v) is 3.92. The lowest BCUT2D eigenvalue weighted by atomic mass is 10.3. The summed E-state index contributed by atoms with van der Waals surface area (Å²) in [4.78, 5) is 0. The Morgan fingerprint density at radius 2 is 2.10 bits per heavy atom. The van der Waals surface area contributed by atoms with Gasteiger partial charge < -0.3 is 0 Å². The monoisotopic (exact) mass is 136 g/mol. The number of allylic oxidation sites excluding steroid dienone is 3. The smallest absolute Gasteiger partial charge is 0.00932 e. The molecule has 10 heavy (non-hydrogen) atoms. The summed E-state index contributed by atoms with van der Waals surface area (Å²) in [5, 5.41) is 0. The van der Waals surface area contributed by atoms with E-state index in [2.05, 4.69) is 37.0 Å². The van der Waals surface area contributed by atoms with Gasteiger partial charge in [0.2, 0.25) is 0 Å². The van der Waals surface area contributed by atoms with Crippen LogP contribution in [0.5, 0.6) is 0 Å². The zero-order chi connectivity index (χ0) is 7.66. The first kappa shape index (κ1) is 9.26. The molecule has 0 saturated heterocycles. The molecule has 0 aliphatic rings. The SMILES string of the molecule is C/C=C/CC=C=CCCC. The maximum atomic E-state index is 3.12. The van der Waals surface area contributed by atoms with Gasteiger partial charge in [-0.3, -0.25) is 0 Å². The molecule has 56 valence electrons. The summed E-state index contributed by atoms with van der Waals surface area (Å²) in [6.07, 6.45) is 11.7. The largest absolute Gasteiger partial charge is 0.129 e. The van der Waals surface area contributed by atoms with Crippen molar-refractivity contribution in [3.8, 4) is 0 Å². The molecule has 0 nitrogen and oxygen atoms in total. The third-order valence-corrected chi connectivity index (χ3v) is 1.16. The second-order valence-electron chi connectivity index (χ2n) is 2.17. The van der Waals surface area contributed by atoms with Crippen molar-refractivity contribution in [3.05, 3.63) is 30.0 Å². The summed E-state index contributed by atoms with van der Waals surface area (Å²) in [6, 6.07) is 0. The van der Waals surface area contributed by atoms with Gasteiger partial charge in [0.25, 0.3) is 0 Å². The average Bonchev–Trinajstić information content (AvgIpc) is 1.97. The van der Waals surface area contributed by atoms with E-state index in [1.165, 1.54) is 6.42 Å². The normalized spacial score (nSPS) is 9.40. The van der Waals surface area contributed by atoms with Gasteiger partial charge in [-0.1, -0.05) is 25.5 Å². The molecule has 0 N–H and O–H groups in total. The Balaban J connectivity index is 3.34. The van der Waals surface area contributed by atoms with Crippen molar-refractivity contribution in [3.63, 3.8) is 0 Å². The van der Waals surface area contributed by atoms with Crippen LogP contribution in [0.2, 0.25) is 0 Å². The number of unbranched alkanes of at least 4 members (excludes halogenated alkanes) is 1. The lowest BCUT2D eigenvalue weighted by Gasteiger charge is -1.77. The molecule has 0 fully saturated rings. The van der Waals surface area contributed by atoms with Gasteiger partial charge in [0.15, 0.2) is 0 Å². The van der Waals surface area contributed by atoms with E-state index >= 15 is 0 Å². The molecule has 0 heterocycles. The molecular formula is C10H16. The van der Waals surface area contributed by atoms with E-state index in [4.69, 9.17) is 0 Å². The molecule has 0 radical (unpaired) electrons. The Hall–Kier alpha value is -0.740. The maximum absolute atomic E-state index is 3.12. The molecule has 0 aliphatic heterocycles. The number of rotatable bonds is 4. The number of hydrogen-bond acceptors (Lipinski definition) is 0. The Morgan fingerprint density at radius 1 is 1.30 bits per heavy atom. The summed E-state index contributed by atoms with van der Waals surface area (Å²) < 4.78 is 0. The highest BCUT2D eigenvalue weighted by Crippen LogP contribution is 1.87. The highest BCUT2D eigenvalue weighted by atomic mass is 13.7. The lowest BCUT2D eigenvalue weighted by molar-refractivity contribution is 0.959. The Labute approximate surface area is 64.0 Å². The molecule has 0 aromatic rings. The van der Waals surface area contributed by atoms with Crippen LogP contribution in [0.15, 0.2) is 30.0 Å². The highest BCUT2D eigenvalue weighted by Gasteiger charge is 1.68. The molecule has 0 aromatic carbocycles. The van der Waals surface area contributed by atoms with Crippen molar-refractivity contribution in [2.45, 2.75) is 33.1 Å².